The van der Waals surface area contributed by atoms with Gasteiger partial charge in [-0.25, -0.2) is 0 Å². The van der Waals surface area contributed by atoms with Crippen LogP contribution in [0.2, 0.25) is 0 Å². The van der Waals surface area contributed by atoms with E-state index in [0.717, 1.165) is 61.2 Å². The molecular weight excluding hydrogens is 586 g/mol. The fraction of sp³-hybridized carbons (Fsp3) is 0.923. The topological polar surface area (TPSA) is 93.1 Å². The van der Waals surface area contributed by atoms with Gasteiger partial charge in [0.25, 0.3) is 0 Å². The summed E-state index contributed by atoms with van der Waals surface area (Å²) in [5, 5.41) is 15.1. The molecule has 0 heterocycles. The maximum atomic E-state index is 10.7. The molecule has 8 atom stereocenters. The first-order chi connectivity index (χ1) is 15.6. The molecule has 4 fully saturated rings. The summed E-state index contributed by atoms with van der Waals surface area (Å²) in [5.74, 6) is 4.72. The second-order valence-corrected chi connectivity index (χ2v) is 9.94. The molecule has 0 aromatic carbocycles. The Bertz CT molecular complexity index is 535. The number of aliphatic hydroxyl groups excluding tert-OH is 2. The Morgan fingerprint density at radius 2 is 1.09 bits per heavy atom. The van der Waals surface area contributed by atoms with Gasteiger partial charge in [-0.2, -0.15) is 0 Å². The Labute approximate surface area is 257 Å². The van der Waals surface area contributed by atoms with Gasteiger partial charge in [0.15, 0.2) is 0 Å². The van der Waals surface area contributed by atoms with Crippen LogP contribution in [0.25, 0.3) is 0 Å². The molecule has 4 aliphatic carbocycles. The van der Waals surface area contributed by atoms with Gasteiger partial charge in [-0.05, 0) is 101 Å². The maximum Gasteiger partial charge on any atom is 0.0599 e. The molecule has 4 rings (SSSR count). The molecule has 2 radical (unpaired) electrons. The van der Waals surface area contributed by atoms with E-state index in [2.05, 4.69) is 0 Å². The fourth-order valence-electron chi connectivity index (χ4n) is 7.32. The van der Waals surface area contributed by atoms with Gasteiger partial charge in [-0.3, -0.25) is 0 Å². The first kappa shape index (κ1) is 35.1. The summed E-state index contributed by atoms with van der Waals surface area (Å²) in [6, 6.07) is 0. The molecule has 0 saturated heterocycles. The molecule has 0 bridgehead atoms. The first-order valence-corrected chi connectivity index (χ1v) is 12.9. The van der Waals surface area contributed by atoms with Crippen LogP contribution in [0.4, 0.5) is 0 Å². The number of ether oxygens (including phenoxy) is 2. The van der Waals surface area contributed by atoms with Gasteiger partial charge in [0, 0.05) is 78.6 Å². The number of carbonyl (C=O) groups excluding carboxylic acids is 2. The molecule has 6 nitrogen and oxygen atoms in total. The first-order valence-electron chi connectivity index (χ1n) is 12.9. The van der Waals surface area contributed by atoms with Crippen LogP contribution in [-0.4, -0.2) is 48.6 Å². The monoisotopic (exact) mass is 630 g/mol. The van der Waals surface area contributed by atoms with Crippen molar-refractivity contribution in [2.24, 2.45) is 35.5 Å². The van der Waals surface area contributed by atoms with E-state index in [-0.39, 0.29) is 90.8 Å². The maximum absolute atomic E-state index is 10.7. The number of aliphatic hydroxyl groups is 2. The Balaban J connectivity index is 0.00000124. The predicted octanol–water partition coefficient (Wildman–Crippen LogP) is 4.32. The van der Waals surface area contributed by atoms with E-state index in [1.165, 1.54) is 51.4 Å². The molecule has 4 aliphatic rings. The van der Waals surface area contributed by atoms with Crippen molar-refractivity contribution in [3.63, 3.8) is 0 Å². The summed E-state index contributed by atoms with van der Waals surface area (Å²) in [6.07, 6.45) is 14.8. The molecule has 8 heteroatoms. The average molecular weight is 630 g/mol. The van der Waals surface area contributed by atoms with E-state index in [1.54, 1.807) is 26.8 Å². The Morgan fingerprint density at radius 3 is 1.65 bits per heavy atom. The van der Waals surface area contributed by atoms with Gasteiger partial charge in [-0.15, -0.1) is 0 Å². The molecular formula is C26H44O6Y2-2. The number of hydrogen-bond acceptors (Lipinski definition) is 6. The van der Waals surface area contributed by atoms with Crippen molar-refractivity contribution in [3.8, 4) is 0 Å². The minimum atomic E-state index is 0. The zero-order valence-electron chi connectivity index (χ0n) is 21.2. The molecule has 34 heavy (non-hydrogen) atoms. The fourth-order valence-corrected chi connectivity index (χ4v) is 7.32. The summed E-state index contributed by atoms with van der Waals surface area (Å²) in [5.41, 5.74) is 0. The van der Waals surface area contributed by atoms with Crippen LogP contribution in [0.1, 0.15) is 90.9 Å². The van der Waals surface area contributed by atoms with Gasteiger partial charge in [0.1, 0.15) is 0 Å². The van der Waals surface area contributed by atoms with Crippen molar-refractivity contribution in [2.45, 2.75) is 103 Å². The van der Waals surface area contributed by atoms with Crippen LogP contribution in [0.3, 0.4) is 0 Å². The molecule has 2 N–H and O–H groups in total. The van der Waals surface area contributed by atoms with Crippen LogP contribution in [0.5, 0.6) is 0 Å². The van der Waals surface area contributed by atoms with Crippen molar-refractivity contribution in [1.29, 1.82) is 0 Å². The van der Waals surface area contributed by atoms with E-state index in [4.69, 9.17) is 19.7 Å². The average Bonchev–Trinajstić information content (AvgIpc) is 2.80. The van der Waals surface area contributed by atoms with Crippen molar-refractivity contribution in [2.75, 3.05) is 13.2 Å². The van der Waals surface area contributed by atoms with Gasteiger partial charge in [0.2, 0.25) is 0 Å². The minimum Gasteiger partial charge on any atom is -0.651 e. The third-order valence-corrected chi connectivity index (χ3v) is 8.30. The quantitative estimate of drug-likeness (QED) is 0.440. The van der Waals surface area contributed by atoms with Crippen molar-refractivity contribution in [3.05, 3.63) is 0 Å². The van der Waals surface area contributed by atoms with Crippen molar-refractivity contribution in [1.82, 2.24) is 0 Å². The summed E-state index contributed by atoms with van der Waals surface area (Å²) < 4.78 is 10.4. The normalized spacial score (nSPS) is 36.0. The van der Waals surface area contributed by atoms with Crippen LogP contribution in [-0.2, 0) is 84.5 Å². The summed E-state index contributed by atoms with van der Waals surface area (Å²) in [6.45, 7) is 7.22. The van der Waals surface area contributed by atoms with E-state index in [9.17, 15) is 9.59 Å². The smallest absolute Gasteiger partial charge is 0.0599 e. The third kappa shape index (κ3) is 10.4. The molecule has 0 aromatic rings. The largest absolute Gasteiger partial charge is 0.651 e. The van der Waals surface area contributed by atoms with Crippen LogP contribution in [0, 0.1) is 35.5 Å². The van der Waals surface area contributed by atoms with E-state index < -0.39 is 0 Å². The van der Waals surface area contributed by atoms with Gasteiger partial charge < -0.3 is 29.3 Å². The standard InChI is InChI=1S/C22H32O4.2C2H6O.2Y/c23-13-25-17-9-10-19-16(11-17)4-2-5-20(19)21-6-1-3-15-7-8-18(26-14-24)12-22(15)21;2*1-2-3;;/h15-22H,1-12H2;2*3H,2H2,1H3;;/q-2;;;;. The summed E-state index contributed by atoms with van der Waals surface area (Å²) >= 11 is 0. The van der Waals surface area contributed by atoms with Gasteiger partial charge in [-0.1, -0.05) is 38.6 Å². The number of rotatable bonds is 5. The summed E-state index contributed by atoms with van der Waals surface area (Å²) in [4.78, 5) is 21.3. The van der Waals surface area contributed by atoms with E-state index in [0.29, 0.717) is 0 Å². The van der Waals surface area contributed by atoms with Crippen LogP contribution in [0.15, 0.2) is 0 Å². The Morgan fingerprint density at radius 1 is 0.618 bits per heavy atom. The van der Waals surface area contributed by atoms with E-state index in [1.807, 2.05) is 0 Å². The van der Waals surface area contributed by atoms with E-state index >= 15 is 0 Å². The Kier molecular flexibility index (Phi) is 20.7. The van der Waals surface area contributed by atoms with Crippen LogP contribution >= 0.6 is 0 Å². The zero-order valence-corrected chi connectivity index (χ0v) is 26.9. The number of hydrogen-bond donors (Lipinski definition) is 2. The zero-order chi connectivity index (χ0) is 23.3. The van der Waals surface area contributed by atoms with Crippen molar-refractivity contribution < 1.29 is 94.7 Å². The molecule has 8 unspecified atom stereocenters. The molecule has 0 amide bonds. The SMILES string of the molecule is CCO.CCO.O=[C-]OC1CCC2C(CCCC2C2CCCC3CCC(O[C-]=O)CC32)C1.[Y].[Y]. The molecule has 0 aliphatic heterocycles. The Hall–Kier alpha value is 1.07. The molecule has 0 aromatic heterocycles. The predicted molar refractivity (Wildman–Crippen MR) is 123 cm³/mol. The summed E-state index contributed by atoms with van der Waals surface area (Å²) in [7, 11) is 0. The van der Waals surface area contributed by atoms with Gasteiger partial charge >= 0.3 is 0 Å². The molecule has 4 saturated carbocycles. The third-order valence-electron chi connectivity index (χ3n) is 8.30. The minimum absolute atomic E-state index is 0. The van der Waals surface area contributed by atoms with Crippen LogP contribution < -0.4 is 0 Å². The second kappa shape index (κ2) is 20.1. The second-order valence-electron chi connectivity index (χ2n) is 9.94. The number of fused-ring (bicyclic) bond motifs is 2. The molecule has 192 valence electrons. The molecule has 0 spiro atoms. The van der Waals surface area contributed by atoms with Crippen molar-refractivity contribution >= 4 is 12.9 Å². The van der Waals surface area contributed by atoms with Gasteiger partial charge in [0.05, 0.1) is 12.2 Å².